The summed E-state index contributed by atoms with van der Waals surface area (Å²) in [5.74, 6) is 0.739. The second-order valence-electron chi connectivity index (χ2n) is 4.29. The smallest absolute Gasteiger partial charge is 0.431 e. The summed E-state index contributed by atoms with van der Waals surface area (Å²) >= 11 is 0. The highest BCUT2D eigenvalue weighted by Crippen LogP contribution is 2.25. The third-order valence-corrected chi connectivity index (χ3v) is 2.45. The molecule has 0 aromatic carbocycles. The molecule has 0 bridgehead atoms. The lowest BCUT2D eigenvalue weighted by Gasteiger charge is -2.32. The van der Waals surface area contributed by atoms with Gasteiger partial charge in [0.25, 0.3) is 0 Å². The molecule has 0 spiro atoms. The molecule has 0 N–H and O–H groups in total. The molecule has 0 unspecified atom stereocenters. The topological polar surface area (TPSA) is 35.5 Å². The first-order valence-corrected chi connectivity index (χ1v) is 4.88. The first kappa shape index (κ1) is 10.4. The van der Waals surface area contributed by atoms with E-state index < -0.39 is 6.16 Å². The fourth-order valence-electron chi connectivity index (χ4n) is 1.42. The summed E-state index contributed by atoms with van der Waals surface area (Å²) in [4.78, 5) is 11.0. The van der Waals surface area contributed by atoms with Crippen molar-refractivity contribution in [2.75, 3.05) is 0 Å². The van der Waals surface area contributed by atoms with Crippen LogP contribution in [0, 0.1) is 11.8 Å². The third kappa shape index (κ3) is 2.61. The molecule has 1 fully saturated rings. The van der Waals surface area contributed by atoms with Crippen molar-refractivity contribution in [1.82, 2.24) is 0 Å². The van der Waals surface area contributed by atoms with Gasteiger partial charge in [0.1, 0.15) is 12.2 Å². The summed E-state index contributed by atoms with van der Waals surface area (Å²) in [5.41, 5.74) is 0. The van der Waals surface area contributed by atoms with Crippen LogP contribution >= 0.6 is 0 Å². The van der Waals surface area contributed by atoms with E-state index in [1.165, 1.54) is 0 Å². The predicted molar refractivity (Wildman–Crippen MR) is 49.4 cm³/mol. The maximum atomic E-state index is 11.0. The molecule has 0 aromatic heterocycles. The molecule has 1 saturated heterocycles. The number of carbonyl (C=O) groups is 1. The lowest BCUT2D eigenvalue weighted by molar-refractivity contribution is -0.0861. The minimum Gasteiger partial charge on any atom is -0.431 e. The van der Waals surface area contributed by atoms with Gasteiger partial charge in [-0.1, -0.05) is 27.7 Å². The Kier molecular flexibility index (Phi) is 3.17. The lowest BCUT2D eigenvalue weighted by atomic mass is 9.94. The number of ether oxygens (including phenoxy) is 2. The molecule has 1 heterocycles. The predicted octanol–water partition coefficient (Wildman–Crippen LogP) is 2.59. The molecule has 2 atom stereocenters. The molecule has 0 aromatic rings. The Bertz CT molecular complexity index is 169. The second kappa shape index (κ2) is 3.99. The standard InChI is InChI=1S/C10H18O3/c1-6(2)8-5-9(7(3)4)13-10(11)12-8/h6-9H,5H2,1-4H3/t8-,9+. The van der Waals surface area contributed by atoms with E-state index in [9.17, 15) is 4.79 Å². The van der Waals surface area contributed by atoms with Crippen molar-refractivity contribution in [3.05, 3.63) is 0 Å². The van der Waals surface area contributed by atoms with Crippen molar-refractivity contribution in [3.8, 4) is 0 Å². The zero-order valence-electron chi connectivity index (χ0n) is 8.74. The summed E-state index contributed by atoms with van der Waals surface area (Å²) in [7, 11) is 0. The number of cyclic esters (lactones) is 2. The zero-order valence-corrected chi connectivity index (χ0v) is 8.74. The fourth-order valence-corrected chi connectivity index (χ4v) is 1.42. The number of hydrogen-bond donors (Lipinski definition) is 0. The van der Waals surface area contributed by atoms with E-state index in [-0.39, 0.29) is 12.2 Å². The van der Waals surface area contributed by atoms with Crippen molar-refractivity contribution in [2.45, 2.75) is 46.3 Å². The van der Waals surface area contributed by atoms with Gasteiger partial charge in [-0.05, 0) is 11.8 Å². The molecule has 0 aliphatic carbocycles. The van der Waals surface area contributed by atoms with Gasteiger partial charge in [-0.25, -0.2) is 4.79 Å². The van der Waals surface area contributed by atoms with Crippen molar-refractivity contribution >= 4 is 6.16 Å². The molecule has 0 saturated carbocycles. The van der Waals surface area contributed by atoms with Crippen LogP contribution in [-0.2, 0) is 9.47 Å². The second-order valence-corrected chi connectivity index (χ2v) is 4.29. The zero-order chi connectivity index (χ0) is 10.0. The maximum Gasteiger partial charge on any atom is 0.508 e. The Balaban J connectivity index is 2.57. The highest BCUT2D eigenvalue weighted by atomic mass is 16.7. The van der Waals surface area contributed by atoms with Gasteiger partial charge in [0.15, 0.2) is 0 Å². The Labute approximate surface area is 79.4 Å². The minimum absolute atomic E-state index is 0.0219. The minimum atomic E-state index is -0.511. The summed E-state index contributed by atoms with van der Waals surface area (Å²) < 4.78 is 10.1. The fraction of sp³-hybridized carbons (Fsp3) is 0.900. The van der Waals surface area contributed by atoms with Crippen LogP contribution in [0.5, 0.6) is 0 Å². The van der Waals surface area contributed by atoms with Gasteiger partial charge in [0.05, 0.1) is 0 Å². The summed E-state index contributed by atoms with van der Waals surface area (Å²) in [6.45, 7) is 8.22. The van der Waals surface area contributed by atoms with Crippen LogP contribution in [0.4, 0.5) is 4.79 Å². The van der Waals surface area contributed by atoms with Crippen LogP contribution in [-0.4, -0.2) is 18.4 Å². The molecule has 0 amide bonds. The molecular formula is C10H18O3. The van der Waals surface area contributed by atoms with Gasteiger partial charge in [0, 0.05) is 6.42 Å². The number of carbonyl (C=O) groups excluding carboxylic acids is 1. The largest absolute Gasteiger partial charge is 0.508 e. The summed E-state index contributed by atoms with van der Waals surface area (Å²) in [5, 5.41) is 0. The van der Waals surface area contributed by atoms with Gasteiger partial charge < -0.3 is 9.47 Å². The van der Waals surface area contributed by atoms with Crippen LogP contribution in [0.15, 0.2) is 0 Å². The van der Waals surface area contributed by atoms with Crippen molar-refractivity contribution in [2.24, 2.45) is 11.8 Å². The van der Waals surface area contributed by atoms with E-state index in [1.54, 1.807) is 0 Å². The van der Waals surface area contributed by atoms with Crippen molar-refractivity contribution < 1.29 is 14.3 Å². The van der Waals surface area contributed by atoms with Crippen LogP contribution < -0.4 is 0 Å². The highest BCUT2D eigenvalue weighted by Gasteiger charge is 2.33. The van der Waals surface area contributed by atoms with Crippen LogP contribution in [0.2, 0.25) is 0 Å². The van der Waals surface area contributed by atoms with Crippen LogP contribution in [0.3, 0.4) is 0 Å². The normalized spacial score (nSPS) is 28.9. The average molecular weight is 186 g/mol. The molecule has 13 heavy (non-hydrogen) atoms. The summed E-state index contributed by atoms with van der Waals surface area (Å²) in [6.07, 6.45) is 0.354. The van der Waals surface area contributed by atoms with E-state index in [0.29, 0.717) is 11.8 Å². The summed E-state index contributed by atoms with van der Waals surface area (Å²) in [6, 6.07) is 0. The van der Waals surface area contributed by atoms with Crippen LogP contribution in [0.25, 0.3) is 0 Å². The van der Waals surface area contributed by atoms with Gasteiger partial charge in [-0.2, -0.15) is 0 Å². The van der Waals surface area contributed by atoms with Crippen molar-refractivity contribution in [3.63, 3.8) is 0 Å². The Hall–Kier alpha value is -0.730. The van der Waals surface area contributed by atoms with E-state index in [0.717, 1.165) is 6.42 Å². The molecule has 76 valence electrons. The van der Waals surface area contributed by atoms with E-state index >= 15 is 0 Å². The van der Waals surface area contributed by atoms with E-state index in [4.69, 9.17) is 9.47 Å². The van der Waals surface area contributed by atoms with Gasteiger partial charge in [-0.15, -0.1) is 0 Å². The monoisotopic (exact) mass is 186 g/mol. The van der Waals surface area contributed by atoms with Gasteiger partial charge >= 0.3 is 6.16 Å². The molecule has 3 nitrogen and oxygen atoms in total. The maximum absolute atomic E-state index is 11.0. The molecule has 1 aliphatic heterocycles. The Morgan fingerprint density at radius 1 is 1.08 bits per heavy atom. The molecule has 1 rings (SSSR count). The molecule has 1 aliphatic rings. The number of rotatable bonds is 2. The van der Waals surface area contributed by atoms with Crippen molar-refractivity contribution in [1.29, 1.82) is 0 Å². The Morgan fingerprint density at radius 3 is 1.77 bits per heavy atom. The average Bonchev–Trinajstić information content (AvgIpc) is 2.03. The third-order valence-electron chi connectivity index (χ3n) is 2.45. The van der Waals surface area contributed by atoms with Gasteiger partial charge in [-0.3, -0.25) is 0 Å². The SMILES string of the molecule is CC(C)[C@@H]1C[C@H](C(C)C)OC(=O)O1. The highest BCUT2D eigenvalue weighted by molar-refractivity contribution is 5.61. The first-order valence-electron chi connectivity index (χ1n) is 4.88. The quantitative estimate of drug-likeness (QED) is 0.622. The van der Waals surface area contributed by atoms with E-state index in [2.05, 4.69) is 27.7 Å². The molecule has 0 radical (unpaired) electrons. The first-order chi connectivity index (χ1) is 6.00. The lowest BCUT2D eigenvalue weighted by Crippen LogP contribution is -2.39. The Morgan fingerprint density at radius 2 is 1.46 bits per heavy atom. The van der Waals surface area contributed by atoms with E-state index in [1.807, 2.05) is 0 Å². The number of hydrogen-bond acceptors (Lipinski definition) is 3. The molecule has 3 heteroatoms. The van der Waals surface area contributed by atoms with Crippen LogP contribution in [0.1, 0.15) is 34.1 Å². The molecular weight excluding hydrogens is 168 g/mol. The van der Waals surface area contributed by atoms with Gasteiger partial charge in [0.2, 0.25) is 0 Å².